The zero-order valence-electron chi connectivity index (χ0n) is 22.8. The minimum absolute atomic E-state index is 0.410. The van der Waals surface area contributed by atoms with E-state index in [-0.39, 0.29) is 0 Å². The lowest BCUT2D eigenvalue weighted by Crippen LogP contribution is -2.15. The minimum atomic E-state index is -1.41. The number of nitrogens with one attached hydrogen (secondary N) is 1. The number of aliphatic imine (C=N–C) groups is 1. The molecule has 1 aromatic heterocycles. The molecule has 0 saturated carbocycles. The normalized spacial score (nSPS) is 12.3. The van der Waals surface area contributed by atoms with Gasteiger partial charge < -0.3 is 11.1 Å². The Labute approximate surface area is 226 Å². The number of rotatable bonds is 11. The van der Waals surface area contributed by atoms with E-state index in [1.807, 2.05) is 86.7 Å². The first-order valence-electron chi connectivity index (χ1n) is 12.7. The highest BCUT2D eigenvalue weighted by molar-refractivity contribution is 6.01. The summed E-state index contributed by atoms with van der Waals surface area (Å²) in [5.41, 5.74) is 12.8. The van der Waals surface area contributed by atoms with Crippen LogP contribution in [0.3, 0.4) is 0 Å². The number of nitrogens with zero attached hydrogens (tertiary/aromatic N) is 2. The molecular formula is C33H37FN4. The van der Waals surface area contributed by atoms with Crippen LogP contribution in [-0.4, -0.2) is 17.2 Å². The van der Waals surface area contributed by atoms with Gasteiger partial charge in [-0.05, 0) is 67.7 Å². The van der Waals surface area contributed by atoms with Crippen LogP contribution in [0.25, 0.3) is 16.8 Å². The van der Waals surface area contributed by atoms with Gasteiger partial charge in [0, 0.05) is 48.0 Å². The summed E-state index contributed by atoms with van der Waals surface area (Å²) in [5.74, 6) is 0. The van der Waals surface area contributed by atoms with Gasteiger partial charge in [0.25, 0.3) is 0 Å². The van der Waals surface area contributed by atoms with Crippen molar-refractivity contribution in [3.63, 3.8) is 0 Å². The Bertz CT molecular complexity index is 1370. The van der Waals surface area contributed by atoms with Crippen LogP contribution in [0.15, 0.2) is 109 Å². The predicted octanol–water partition coefficient (Wildman–Crippen LogP) is 7.80. The van der Waals surface area contributed by atoms with Crippen molar-refractivity contribution in [2.75, 3.05) is 6.54 Å². The highest BCUT2D eigenvalue weighted by Crippen LogP contribution is 2.36. The van der Waals surface area contributed by atoms with E-state index in [0.717, 1.165) is 50.5 Å². The van der Waals surface area contributed by atoms with Gasteiger partial charge in [-0.25, -0.2) is 4.39 Å². The van der Waals surface area contributed by atoms with Crippen LogP contribution < -0.4 is 11.1 Å². The molecule has 0 radical (unpaired) electrons. The van der Waals surface area contributed by atoms with Crippen LogP contribution in [0.5, 0.6) is 0 Å². The molecule has 0 aliphatic heterocycles. The van der Waals surface area contributed by atoms with Crippen molar-refractivity contribution in [3.05, 3.63) is 126 Å². The molecule has 0 amide bonds. The maximum Gasteiger partial charge on any atom is 0.130 e. The van der Waals surface area contributed by atoms with Gasteiger partial charge >= 0.3 is 0 Å². The summed E-state index contributed by atoms with van der Waals surface area (Å²) in [5, 5.41) is 3.42. The summed E-state index contributed by atoms with van der Waals surface area (Å²) in [6.07, 6.45) is 11.4. The molecule has 0 aliphatic carbocycles. The molecule has 3 N–H and O–H groups in total. The van der Waals surface area contributed by atoms with Gasteiger partial charge in [0.2, 0.25) is 0 Å². The molecule has 0 aliphatic rings. The standard InChI is InChI=1S/C33H37FN4/c1-7-8-9-11-23(2)20-37-25(4)32-30(27-14-16-29(17-15-27)33(5,6)34)12-10-13-31(32)38-24(3)28-18-26(19-35)21-36-22-28/h7-18,21-22,37H,2,4,19-20,35H2,1,3,5-6H3/b8-7-,11-9-,38-24?. The molecule has 0 fully saturated rings. The summed E-state index contributed by atoms with van der Waals surface area (Å²) in [6.45, 7) is 16.5. The molecule has 0 bridgehead atoms. The first-order valence-corrected chi connectivity index (χ1v) is 12.7. The van der Waals surface area contributed by atoms with Crippen molar-refractivity contribution in [2.45, 2.75) is 39.9 Å². The number of alkyl halides is 1. The zero-order chi connectivity index (χ0) is 27.7. The molecule has 1 heterocycles. The monoisotopic (exact) mass is 508 g/mol. The highest BCUT2D eigenvalue weighted by Gasteiger charge is 2.19. The molecule has 0 unspecified atom stereocenters. The van der Waals surface area contributed by atoms with E-state index >= 15 is 0 Å². The zero-order valence-corrected chi connectivity index (χ0v) is 22.8. The van der Waals surface area contributed by atoms with Crippen molar-refractivity contribution in [1.82, 2.24) is 10.3 Å². The Hall–Kier alpha value is -4.09. The average molecular weight is 509 g/mol. The first-order chi connectivity index (χ1) is 18.1. The van der Waals surface area contributed by atoms with Gasteiger partial charge in [0.15, 0.2) is 0 Å². The third kappa shape index (κ3) is 7.46. The van der Waals surface area contributed by atoms with Crippen molar-refractivity contribution in [1.29, 1.82) is 0 Å². The molecular weight excluding hydrogens is 471 g/mol. The SMILES string of the molecule is C=C(/C=C\C=C/C)CNC(=C)c1c(N=C(C)c2cncc(CN)c2)cccc1-c1ccc(C(C)(C)F)cc1. The van der Waals surface area contributed by atoms with Gasteiger partial charge in [-0.2, -0.15) is 0 Å². The van der Waals surface area contributed by atoms with Crippen molar-refractivity contribution >= 4 is 17.1 Å². The Morgan fingerprint density at radius 1 is 1.11 bits per heavy atom. The molecule has 3 rings (SSSR count). The number of halogens is 1. The van der Waals surface area contributed by atoms with Crippen LogP contribution in [0.4, 0.5) is 10.1 Å². The molecule has 0 atom stereocenters. The summed E-state index contributed by atoms with van der Waals surface area (Å²) in [6, 6.07) is 15.5. The second-order valence-corrected chi connectivity index (χ2v) is 9.61. The fourth-order valence-electron chi connectivity index (χ4n) is 3.95. The van der Waals surface area contributed by atoms with Crippen LogP contribution in [0.1, 0.15) is 49.9 Å². The van der Waals surface area contributed by atoms with Crippen LogP contribution in [-0.2, 0) is 12.2 Å². The van der Waals surface area contributed by atoms with E-state index < -0.39 is 5.67 Å². The lowest BCUT2D eigenvalue weighted by Gasteiger charge is -2.19. The third-order valence-corrected chi connectivity index (χ3v) is 6.13. The minimum Gasteiger partial charge on any atom is -0.381 e. The van der Waals surface area contributed by atoms with E-state index in [4.69, 9.17) is 10.7 Å². The number of hydrogen-bond acceptors (Lipinski definition) is 4. The molecule has 2 aromatic carbocycles. The van der Waals surface area contributed by atoms with Crippen molar-refractivity contribution in [3.8, 4) is 11.1 Å². The van der Waals surface area contributed by atoms with Crippen molar-refractivity contribution in [2.24, 2.45) is 10.7 Å². The Morgan fingerprint density at radius 2 is 1.84 bits per heavy atom. The molecule has 5 heteroatoms. The second-order valence-electron chi connectivity index (χ2n) is 9.61. The van der Waals surface area contributed by atoms with Gasteiger partial charge in [0.1, 0.15) is 5.67 Å². The van der Waals surface area contributed by atoms with Crippen LogP contribution in [0.2, 0.25) is 0 Å². The molecule has 196 valence electrons. The third-order valence-electron chi connectivity index (χ3n) is 6.13. The number of benzene rings is 2. The molecule has 0 spiro atoms. The quantitative estimate of drug-likeness (QED) is 0.205. The van der Waals surface area contributed by atoms with E-state index in [1.165, 1.54) is 0 Å². The van der Waals surface area contributed by atoms with E-state index in [2.05, 4.69) is 23.5 Å². The number of aromatic nitrogens is 1. The smallest absolute Gasteiger partial charge is 0.130 e. The summed E-state index contributed by atoms with van der Waals surface area (Å²) >= 11 is 0. The van der Waals surface area contributed by atoms with Gasteiger partial charge in [-0.15, -0.1) is 0 Å². The number of pyridine rings is 1. The number of nitrogens with two attached hydrogens (primary N) is 1. The number of allylic oxidation sites excluding steroid dienone is 3. The van der Waals surface area contributed by atoms with E-state index in [0.29, 0.717) is 18.7 Å². The van der Waals surface area contributed by atoms with E-state index in [1.54, 1.807) is 26.2 Å². The fraction of sp³-hybridized carbons (Fsp3) is 0.212. The van der Waals surface area contributed by atoms with Gasteiger partial charge in [-0.1, -0.05) is 73.9 Å². The summed E-state index contributed by atoms with van der Waals surface area (Å²) in [7, 11) is 0. The second kappa shape index (κ2) is 12.9. The Kier molecular flexibility index (Phi) is 9.69. The topological polar surface area (TPSA) is 63.3 Å². The van der Waals surface area contributed by atoms with E-state index in [9.17, 15) is 4.39 Å². The first kappa shape index (κ1) is 28.5. The maximum absolute atomic E-state index is 14.5. The Morgan fingerprint density at radius 3 is 2.50 bits per heavy atom. The highest BCUT2D eigenvalue weighted by atomic mass is 19.1. The van der Waals surface area contributed by atoms with Crippen molar-refractivity contribution < 1.29 is 4.39 Å². The maximum atomic E-state index is 14.5. The predicted molar refractivity (Wildman–Crippen MR) is 160 cm³/mol. The largest absolute Gasteiger partial charge is 0.381 e. The lowest BCUT2D eigenvalue weighted by molar-refractivity contribution is 0.221. The molecule has 4 nitrogen and oxygen atoms in total. The summed E-state index contributed by atoms with van der Waals surface area (Å²) in [4.78, 5) is 9.29. The molecule has 3 aromatic rings. The fourth-order valence-corrected chi connectivity index (χ4v) is 3.95. The molecule has 0 saturated heterocycles. The van der Waals surface area contributed by atoms with Crippen LogP contribution >= 0.6 is 0 Å². The number of hydrogen-bond donors (Lipinski definition) is 2. The average Bonchev–Trinajstić information content (AvgIpc) is 2.91. The summed E-state index contributed by atoms with van der Waals surface area (Å²) < 4.78 is 14.5. The van der Waals surface area contributed by atoms with Crippen LogP contribution in [0, 0.1) is 0 Å². The van der Waals surface area contributed by atoms with Gasteiger partial charge in [0.05, 0.1) is 5.69 Å². The lowest BCUT2D eigenvalue weighted by atomic mass is 9.93. The molecule has 38 heavy (non-hydrogen) atoms. The Balaban J connectivity index is 2.06. The van der Waals surface area contributed by atoms with Gasteiger partial charge in [-0.3, -0.25) is 9.98 Å².